The van der Waals surface area contributed by atoms with Crippen LogP contribution < -0.4 is 10.1 Å². The maximum atomic E-state index is 12.6. The zero-order valence-corrected chi connectivity index (χ0v) is 16.3. The van der Waals surface area contributed by atoms with E-state index >= 15 is 0 Å². The van der Waals surface area contributed by atoms with Gasteiger partial charge < -0.3 is 40.1 Å². The number of piperazine rings is 1. The molecule has 1 aromatic carbocycles. The molecule has 30 heavy (non-hydrogen) atoms. The highest BCUT2D eigenvalue weighted by Crippen LogP contribution is 2.26. The fourth-order valence-corrected chi connectivity index (χ4v) is 4.21. The summed E-state index contributed by atoms with van der Waals surface area (Å²) in [5, 5.41) is 41.8. The molecule has 0 spiro atoms. The highest BCUT2D eigenvalue weighted by Gasteiger charge is 2.45. The molecule has 2 amide bonds. The molecular formula is C20H26N2O8. The first-order valence-corrected chi connectivity index (χ1v) is 10.1. The van der Waals surface area contributed by atoms with Gasteiger partial charge >= 0.3 is 0 Å². The summed E-state index contributed by atoms with van der Waals surface area (Å²) in [5.74, 6) is 0.153. The smallest absolute Gasteiger partial charge is 0.246 e. The van der Waals surface area contributed by atoms with Crippen LogP contribution in [0.4, 0.5) is 0 Å². The maximum Gasteiger partial charge on any atom is 0.246 e. The summed E-state index contributed by atoms with van der Waals surface area (Å²) in [6.45, 7) is 0.0715. The van der Waals surface area contributed by atoms with Crippen molar-refractivity contribution in [1.82, 2.24) is 10.2 Å². The molecule has 7 atom stereocenters. The van der Waals surface area contributed by atoms with Crippen molar-refractivity contribution in [3.63, 3.8) is 0 Å². The zero-order valence-electron chi connectivity index (χ0n) is 16.3. The molecule has 5 N–H and O–H groups in total. The van der Waals surface area contributed by atoms with Gasteiger partial charge in [-0.1, -0.05) is 12.1 Å². The summed E-state index contributed by atoms with van der Waals surface area (Å²) in [5.41, 5.74) is 0.812. The second kappa shape index (κ2) is 8.48. The number of nitrogens with one attached hydrogen (secondary N) is 1. The van der Waals surface area contributed by atoms with E-state index in [1.807, 2.05) is 0 Å². The molecule has 0 aliphatic carbocycles. The third kappa shape index (κ3) is 3.88. The molecule has 4 rings (SSSR count). The monoisotopic (exact) mass is 450 g/mol. The molecule has 0 radical (unpaired) electrons. The largest absolute Gasteiger partial charge is 0.462 e. The van der Waals surface area contributed by atoms with Gasteiger partial charge in [0.25, 0.3) is 0 Å². The lowest BCUT2D eigenvalue weighted by molar-refractivity contribution is -0.277. The van der Waals surface area contributed by atoms with Crippen LogP contribution >= 0.6 is 0 Å². The van der Waals surface area contributed by atoms with Crippen molar-refractivity contribution in [2.75, 3.05) is 13.2 Å². The minimum atomic E-state index is -1.52. The molecule has 0 unspecified atom stereocenters. The van der Waals surface area contributed by atoms with Crippen LogP contribution in [0.15, 0.2) is 24.3 Å². The van der Waals surface area contributed by atoms with Gasteiger partial charge in [-0.3, -0.25) is 9.59 Å². The standard InChI is InChI=1S/C20H26N2O8/c23-9-14-15(24)16(25)17(26)20(30-14)29-11-5-3-10(4-6-11)8-12-19(28)22-7-1-2-13(22)18(27)21-12/h3-6,12-17,20,23-26H,1-2,7-9H2,(H,21,27)/t12-,13-,14-,15-,16+,17-,20-/m1/s1/i1+2,2+2,3+2,4+2,5+2,6+2,7+2,8+2,10+2,11+2,12+2,13+2,18+2,19+2. The zero-order chi connectivity index (χ0) is 21.4. The summed E-state index contributed by atoms with van der Waals surface area (Å²) in [6.07, 6.45) is -4.91. The van der Waals surface area contributed by atoms with Crippen LogP contribution in [0.2, 0.25) is 0 Å². The van der Waals surface area contributed by atoms with Crippen molar-refractivity contribution in [3.8, 4) is 5.75 Å². The van der Waals surface area contributed by atoms with Crippen molar-refractivity contribution in [2.24, 2.45) is 0 Å². The van der Waals surface area contributed by atoms with Crippen molar-refractivity contribution in [1.29, 1.82) is 0 Å². The summed E-state index contributed by atoms with van der Waals surface area (Å²) in [7, 11) is 0. The van der Waals surface area contributed by atoms with Crippen molar-refractivity contribution >= 4 is 11.8 Å². The number of aliphatic hydroxyl groups is 4. The van der Waals surface area contributed by atoms with Crippen LogP contribution in [0.3, 0.4) is 0 Å². The summed E-state index contributed by atoms with van der Waals surface area (Å²) >= 11 is 0. The molecule has 164 valence electrons. The van der Waals surface area contributed by atoms with E-state index in [4.69, 9.17) is 9.47 Å². The first-order chi connectivity index (χ1) is 14.4. The van der Waals surface area contributed by atoms with Gasteiger partial charge in [0.05, 0.1) is 6.61 Å². The Kier molecular flexibility index (Phi) is 5.94. The van der Waals surface area contributed by atoms with Crippen LogP contribution in [-0.4, -0.2) is 93.1 Å². The minimum Gasteiger partial charge on any atom is -0.462 e. The second-order valence-corrected chi connectivity index (χ2v) is 7.91. The predicted molar refractivity (Wildman–Crippen MR) is 101 cm³/mol. The number of hydrogen-bond donors (Lipinski definition) is 5. The Labute approximate surface area is 173 Å². The topological polar surface area (TPSA) is 149 Å². The number of benzene rings is 1. The molecule has 10 heteroatoms. The third-order valence-electron chi connectivity index (χ3n) is 5.92. The van der Waals surface area contributed by atoms with E-state index < -0.39 is 43.4 Å². The SMILES string of the molecule is O=[14C]1N[14C@H]([14CH2][14c]2[14cH][14cH][14c](O[C@@H]3O[C@H](CO)[C@@H](O)[C@H](O)[C@H]3O)[14cH][14cH]2)[14C](=O)N2[14CH2][14CH2][14CH2][14C@H]12. The lowest BCUT2D eigenvalue weighted by Crippen LogP contribution is -2.61. The molecule has 3 heterocycles. The Morgan fingerprint density at radius 3 is 2.60 bits per heavy atom. The Morgan fingerprint density at radius 2 is 1.90 bits per heavy atom. The number of ether oxygens (including phenoxy) is 2. The number of nitrogens with zero attached hydrogens (tertiary/aromatic N) is 1. The molecule has 3 aliphatic rings. The van der Waals surface area contributed by atoms with Crippen molar-refractivity contribution < 1.29 is 39.5 Å². The molecule has 3 fully saturated rings. The minimum absolute atomic E-state index is 0.0706. The number of carbonyl (C=O) groups excluding carboxylic acids is 2. The van der Waals surface area contributed by atoms with E-state index in [1.165, 1.54) is 0 Å². The van der Waals surface area contributed by atoms with Gasteiger partial charge in [-0.25, -0.2) is 0 Å². The average molecular weight is 450 g/mol. The van der Waals surface area contributed by atoms with E-state index in [0.717, 1.165) is 12.0 Å². The Hall–Kier alpha value is -2.24. The van der Waals surface area contributed by atoms with Crippen LogP contribution in [0.25, 0.3) is 0 Å². The van der Waals surface area contributed by atoms with Crippen LogP contribution in [0.1, 0.15) is 18.4 Å². The maximum absolute atomic E-state index is 12.6. The quantitative estimate of drug-likeness (QED) is 0.343. The molecule has 0 bridgehead atoms. The van der Waals surface area contributed by atoms with E-state index in [9.17, 15) is 30.0 Å². The lowest BCUT2D eigenvalue weighted by Gasteiger charge is -2.39. The van der Waals surface area contributed by atoms with E-state index in [0.29, 0.717) is 25.1 Å². The molecule has 0 saturated carbocycles. The molecule has 3 saturated heterocycles. The van der Waals surface area contributed by atoms with Gasteiger partial charge in [-0.2, -0.15) is 0 Å². The molecular weight excluding hydrogens is 424 g/mol. The van der Waals surface area contributed by atoms with Crippen LogP contribution in [0, 0.1) is 0 Å². The average Bonchev–Trinajstić information content (AvgIpc) is 3.24. The lowest BCUT2D eigenvalue weighted by atomic mass is 9.99. The second-order valence-electron chi connectivity index (χ2n) is 7.91. The summed E-state index contributed by atoms with van der Waals surface area (Å²) in [4.78, 5) is 26.5. The molecule has 1 aromatic rings. The van der Waals surface area contributed by atoms with Crippen LogP contribution in [0.5, 0.6) is 5.75 Å². The molecule has 10 nitrogen and oxygen atoms in total. The first-order valence-electron chi connectivity index (χ1n) is 10.1. The van der Waals surface area contributed by atoms with E-state index in [1.54, 1.807) is 29.2 Å². The number of aliphatic hydroxyl groups excluding tert-OH is 4. The van der Waals surface area contributed by atoms with Gasteiger partial charge in [0.2, 0.25) is 18.1 Å². The van der Waals surface area contributed by atoms with Gasteiger partial charge in [-0.05, 0) is 30.5 Å². The Bertz CT molecular complexity index is 786. The first kappa shape index (κ1) is 21.0. The number of hydrogen-bond acceptors (Lipinski definition) is 8. The normalized spacial score (nSPS) is 36.4. The third-order valence-corrected chi connectivity index (χ3v) is 5.92. The summed E-state index contributed by atoms with van der Waals surface area (Å²) < 4.78 is 10.9. The Morgan fingerprint density at radius 1 is 1.17 bits per heavy atom. The van der Waals surface area contributed by atoms with Crippen LogP contribution in [-0.2, 0) is 20.7 Å². The van der Waals surface area contributed by atoms with Crippen molar-refractivity contribution in [3.05, 3.63) is 29.8 Å². The van der Waals surface area contributed by atoms with Gasteiger partial charge in [0.1, 0.15) is 42.2 Å². The van der Waals surface area contributed by atoms with E-state index in [2.05, 4.69) is 5.32 Å². The fourth-order valence-electron chi connectivity index (χ4n) is 4.21. The summed E-state index contributed by atoms with van der Waals surface area (Å²) in [6, 6.07) is 5.74. The predicted octanol–water partition coefficient (Wildman–Crippen LogP) is -2.10. The molecule has 0 aromatic heterocycles. The number of rotatable bonds is 5. The number of fused-ring (bicyclic) bond motifs is 1. The number of amides is 2. The van der Waals surface area contributed by atoms with Gasteiger partial charge in [0.15, 0.2) is 0 Å². The van der Waals surface area contributed by atoms with E-state index in [-0.39, 0.29) is 17.9 Å². The molecule has 3 aliphatic heterocycles. The fraction of sp³-hybridized carbons (Fsp3) is 0.600. The van der Waals surface area contributed by atoms with Gasteiger partial charge in [0, 0.05) is 13.0 Å². The van der Waals surface area contributed by atoms with Gasteiger partial charge in [-0.15, -0.1) is 0 Å². The highest BCUT2D eigenvalue weighted by atomic mass is 16.8. The number of carbonyl (C=O) groups is 2. The van der Waals surface area contributed by atoms with Crippen molar-refractivity contribution in [2.45, 2.75) is 62.1 Å². The highest BCUT2D eigenvalue weighted by molar-refractivity contribution is 5.97. The Balaban J connectivity index is 1.38.